The van der Waals surface area contributed by atoms with E-state index in [1.54, 1.807) is 34.4 Å². The molecule has 0 unspecified atom stereocenters. The summed E-state index contributed by atoms with van der Waals surface area (Å²) in [6, 6.07) is 7.27. The zero-order chi connectivity index (χ0) is 21.9. The van der Waals surface area contributed by atoms with Gasteiger partial charge >= 0.3 is 0 Å². The summed E-state index contributed by atoms with van der Waals surface area (Å²) in [7, 11) is 0. The van der Waals surface area contributed by atoms with Crippen molar-refractivity contribution in [2.75, 3.05) is 25.2 Å². The van der Waals surface area contributed by atoms with Gasteiger partial charge in [0.2, 0.25) is 30.3 Å². The molecular formula is C22H22N4O5S. The lowest BCUT2D eigenvalue weighted by Gasteiger charge is -2.31. The molecule has 2 amide bonds. The fraction of sp³-hybridized carbons (Fsp3) is 0.364. The molecule has 1 saturated heterocycles. The Morgan fingerprint density at radius 3 is 2.81 bits per heavy atom. The topological polar surface area (TPSA) is 107 Å². The van der Waals surface area contributed by atoms with Crippen LogP contribution < -0.4 is 14.8 Å². The molecule has 166 valence electrons. The van der Waals surface area contributed by atoms with Crippen molar-refractivity contribution >= 4 is 28.8 Å². The Kier molecular flexibility index (Phi) is 5.76. The smallest absolute Gasteiger partial charge is 0.231 e. The highest BCUT2D eigenvalue weighted by Gasteiger charge is 2.28. The van der Waals surface area contributed by atoms with Crippen molar-refractivity contribution in [3.8, 4) is 22.9 Å². The van der Waals surface area contributed by atoms with Crippen LogP contribution >= 0.6 is 11.3 Å². The van der Waals surface area contributed by atoms with Gasteiger partial charge in [0.15, 0.2) is 11.5 Å². The summed E-state index contributed by atoms with van der Waals surface area (Å²) in [6.45, 7) is 1.31. The van der Waals surface area contributed by atoms with Crippen molar-refractivity contribution in [2.24, 2.45) is 5.92 Å². The molecule has 2 aromatic heterocycles. The molecule has 2 aliphatic rings. The summed E-state index contributed by atoms with van der Waals surface area (Å²) in [4.78, 5) is 31.4. The number of anilines is 1. The molecule has 10 heteroatoms. The molecule has 3 aromatic rings. The van der Waals surface area contributed by atoms with Crippen LogP contribution in [0.15, 0.2) is 39.5 Å². The monoisotopic (exact) mass is 454 g/mol. The maximum absolute atomic E-state index is 12.6. The van der Waals surface area contributed by atoms with E-state index in [2.05, 4.69) is 15.5 Å². The summed E-state index contributed by atoms with van der Waals surface area (Å²) < 4.78 is 15.9. The van der Waals surface area contributed by atoms with E-state index in [0.717, 1.165) is 5.56 Å². The van der Waals surface area contributed by atoms with Gasteiger partial charge in [0, 0.05) is 54.5 Å². The fourth-order valence-corrected chi connectivity index (χ4v) is 4.48. The lowest BCUT2D eigenvalue weighted by molar-refractivity contribution is -0.134. The second-order valence-corrected chi connectivity index (χ2v) is 8.52. The van der Waals surface area contributed by atoms with E-state index in [-0.39, 0.29) is 24.5 Å². The number of benzene rings is 1. The molecule has 0 radical (unpaired) electrons. The zero-order valence-electron chi connectivity index (χ0n) is 17.3. The van der Waals surface area contributed by atoms with Crippen LogP contribution in [0.5, 0.6) is 11.5 Å². The van der Waals surface area contributed by atoms with Gasteiger partial charge in [-0.25, -0.2) is 0 Å². The van der Waals surface area contributed by atoms with Crippen LogP contribution in [0.25, 0.3) is 11.4 Å². The zero-order valence-corrected chi connectivity index (χ0v) is 18.1. The number of aromatic nitrogens is 2. The Morgan fingerprint density at radius 2 is 2.00 bits per heavy atom. The van der Waals surface area contributed by atoms with E-state index in [4.69, 9.17) is 14.0 Å². The van der Waals surface area contributed by atoms with Crippen molar-refractivity contribution < 1.29 is 23.6 Å². The maximum atomic E-state index is 12.6. The summed E-state index contributed by atoms with van der Waals surface area (Å²) in [5.74, 6) is 2.18. The second-order valence-electron chi connectivity index (χ2n) is 7.74. The molecular weight excluding hydrogens is 432 g/mol. The highest BCUT2D eigenvalue weighted by atomic mass is 32.1. The van der Waals surface area contributed by atoms with Gasteiger partial charge in [0.25, 0.3) is 0 Å². The molecule has 0 atom stereocenters. The molecule has 9 nitrogen and oxygen atoms in total. The SMILES string of the molecule is O=C(Nc1ccc2c(c1)OCO2)C1CCN(C(=O)CCc2nc(-c3ccsc3)no2)CC1. The summed E-state index contributed by atoms with van der Waals surface area (Å²) in [5, 5.41) is 10.8. The number of rotatable bonds is 6. The molecule has 32 heavy (non-hydrogen) atoms. The highest BCUT2D eigenvalue weighted by molar-refractivity contribution is 7.08. The summed E-state index contributed by atoms with van der Waals surface area (Å²) >= 11 is 1.57. The van der Waals surface area contributed by atoms with E-state index in [0.29, 0.717) is 67.7 Å². The Morgan fingerprint density at radius 1 is 1.16 bits per heavy atom. The van der Waals surface area contributed by atoms with E-state index in [9.17, 15) is 9.59 Å². The Bertz CT molecular complexity index is 1110. The van der Waals surface area contributed by atoms with Gasteiger partial charge in [-0.05, 0) is 36.4 Å². The Labute approximate surface area is 188 Å². The van der Waals surface area contributed by atoms with Gasteiger partial charge in [-0.3, -0.25) is 9.59 Å². The van der Waals surface area contributed by atoms with Crippen LogP contribution in [0.1, 0.15) is 25.2 Å². The minimum Gasteiger partial charge on any atom is -0.454 e. The average Bonchev–Trinajstić information content (AvgIpc) is 3.58. The minimum absolute atomic E-state index is 0.0370. The molecule has 2 aliphatic heterocycles. The third-order valence-electron chi connectivity index (χ3n) is 5.66. The number of hydrogen-bond acceptors (Lipinski definition) is 8. The van der Waals surface area contributed by atoms with Crippen molar-refractivity contribution in [3.63, 3.8) is 0 Å². The molecule has 0 aliphatic carbocycles. The van der Waals surface area contributed by atoms with Crippen LogP contribution in [0.2, 0.25) is 0 Å². The standard InChI is InChI=1S/C22H22N4O5S/c27-20(4-3-19-24-21(25-31-19)15-7-10-32-12-15)26-8-5-14(6-9-26)22(28)23-16-1-2-17-18(11-16)30-13-29-17/h1-2,7,10-12,14H,3-6,8-9,13H2,(H,23,28). The predicted molar refractivity (Wildman–Crippen MR) is 116 cm³/mol. The number of thiophene rings is 1. The number of ether oxygens (including phenoxy) is 2. The average molecular weight is 455 g/mol. The predicted octanol–water partition coefficient (Wildman–Crippen LogP) is 3.34. The molecule has 1 N–H and O–H groups in total. The Balaban J connectivity index is 1.08. The van der Waals surface area contributed by atoms with E-state index < -0.39 is 0 Å². The maximum Gasteiger partial charge on any atom is 0.231 e. The van der Waals surface area contributed by atoms with Gasteiger partial charge in [-0.1, -0.05) is 5.16 Å². The number of piperidine rings is 1. The number of carbonyl (C=O) groups excluding carboxylic acids is 2. The van der Waals surface area contributed by atoms with Crippen molar-refractivity contribution in [3.05, 3.63) is 40.9 Å². The summed E-state index contributed by atoms with van der Waals surface area (Å²) in [5.41, 5.74) is 1.59. The molecule has 0 spiro atoms. The second kappa shape index (κ2) is 8.99. The minimum atomic E-state index is -0.131. The van der Waals surface area contributed by atoms with E-state index >= 15 is 0 Å². The van der Waals surface area contributed by atoms with Crippen LogP contribution in [0.4, 0.5) is 5.69 Å². The first-order valence-corrected chi connectivity index (χ1v) is 11.4. The number of nitrogens with zero attached hydrogens (tertiary/aromatic N) is 3. The van der Waals surface area contributed by atoms with Crippen LogP contribution in [-0.2, 0) is 16.0 Å². The molecule has 0 bridgehead atoms. The first-order chi connectivity index (χ1) is 15.7. The van der Waals surface area contributed by atoms with E-state index in [1.165, 1.54) is 0 Å². The molecule has 1 fully saturated rings. The van der Waals surface area contributed by atoms with Crippen molar-refractivity contribution in [1.29, 1.82) is 0 Å². The van der Waals surface area contributed by atoms with Gasteiger partial charge in [0.1, 0.15) is 0 Å². The van der Waals surface area contributed by atoms with Gasteiger partial charge in [-0.15, -0.1) is 0 Å². The lowest BCUT2D eigenvalue weighted by Crippen LogP contribution is -2.41. The number of fused-ring (bicyclic) bond motifs is 1. The van der Waals surface area contributed by atoms with Crippen LogP contribution in [0.3, 0.4) is 0 Å². The fourth-order valence-electron chi connectivity index (χ4n) is 3.85. The lowest BCUT2D eigenvalue weighted by atomic mass is 9.95. The number of amides is 2. The van der Waals surface area contributed by atoms with Gasteiger partial charge < -0.3 is 24.2 Å². The third kappa shape index (κ3) is 4.45. The van der Waals surface area contributed by atoms with Crippen molar-refractivity contribution in [1.82, 2.24) is 15.0 Å². The van der Waals surface area contributed by atoms with Crippen LogP contribution in [0, 0.1) is 5.92 Å². The van der Waals surface area contributed by atoms with Gasteiger partial charge in [-0.2, -0.15) is 16.3 Å². The highest BCUT2D eigenvalue weighted by Crippen LogP contribution is 2.34. The number of carbonyl (C=O) groups is 2. The number of nitrogens with one attached hydrogen (secondary N) is 1. The van der Waals surface area contributed by atoms with Crippen molar-refractivity contribution in [2.45, 2.75) is 25.7 Å². The van der Waals surface area contributed by atoms with Gasteiger partial charge in [0.05, 0.1) is 0 Å². The first kappa shape index (κ1) is 20.5. The Hall–Kier alpha value is -3.40. The van der Waals surface area contributed by atoms with E-state index in [1.807, 2.05) is 16.8 Å². The third-order valence-corrected chi connectivity index (χ3v) is 6.34. The largest absolute Gasteiger partial charge is 0.454 e. The molecule has 4 heterocycles. The number of aryl methyl sites for hydroxylation is 1. The number of likely N-dealkylation sites (tertiary alicyclic amines) is 1. The molecule has 0 saturated carbocycles. The molecule has 5 rings (SSSR count). The molecule has 1 aromatic carbocycles. The van der Waals surface area contributed by atoms with Crippen LogP contribution in [-0.4, -0.2) is 46.7 Å². The number of hydrogen-bond donors (Lipinski definition) is 1. The summed E-state index contributed by atoms with van der Waals surface area (Å²) in [6.07, 6.45) is 1.97. The first-order valence-electron chi connectivity index (χ1n) is 10.5. The quantitative estimate of drug-likeness (QED) is 0.609. The normalized spacial score (nSPS) is 15.7.